The van der Waals surface area contributed by atoms with Crippen molar-refractivity contribution in [3.05, 3.63) is 62.3 Å². The SMILES string of the molecule is CCOC(=O)c1c(NC(=O)Cn2cc(C#N)c(=O)c3ccccc32)sc(C(=O)N(CC)CC)c1C. The van der Waals surface area contributed by atoms with Gasteiger partial charge in [0.15, 0.2) is 0 Å². The number of carbonyl (C=O) groups is 3. The van der Waals surface area contributed by atoms with Crippen LogP contribution in [0.3, 0.4) is 0 Å². The molecule has 2 amide bonds. The maximum atomic E-state index is 13.0. The highest BCUT2D eigenvalue weighted by molar-refractivity contribution is 7.18. The van der Waals surface area contributed by atoms with E-state index in [1.165, 1.54) is 10.8 Å². The normalized spacial score (nSPS) is 10.6. The van der Waals surface area contributed by atoms with Crippen molar-refractivity contribution in [2.75, 3.05) is 25.0 Å². The van der Waals surface area contributed by atoms with E-state index in [1.54, 1.807) is 43.0 Å². The molecular formula is C25H26N4O5S. The number of benzene rings is 1. The van der Waals surface area contributed by atoms with E-state index in [2.05, 4.69) is 5.32 Å². The van der Waals surface area contributed by atoms with Crippen LogP contribution in [0.5, 0.6) is 0 Å². The molecule has 35 heavy (non-hydrogen) atoms. The number of nitriles is 1. The molecule has 2 heterocycles. The fraction of sp³-hybridized carbons (Fsp3) is 0.320. The second-order valence-electron chi connectivity index (χ2n) is 7.64. The quantitative estimate of drug-likeness (QED) is 0.478. The Labute approximate surface area is 206 Å². The van der Waals surface area contributed by atoms with Gasteiger partial charge < -0.3 is 19.5 Å². The van der Waals surface area contributed by atoms with Crippen molar-refractivity contribution >= 4 is 45.0 Å². The van der Waals surface area contributed by atoms with Crippen molar-refractivity contribution in [2.24, 2.45) is 0 Å². The number of nitrogens with zero attached hydrogens (tertiary/aromatic N) is 3. The molecule has 0 unspecified atom stereocenters. The van der Waals surface area contributed by atoms with Gasteiger partial charge in [-0.3, -0.25) is 14.4 Å². The number of nitrogens with one attached hydrogen (secondary N) is 1. The summed E-state index contributed by atoms with van der Waals surface area (Å²) in [5.74, 6) is -1.35. The van der Waals surface area contributed by atoms with Crippen LogP contribution in [0.15, 0.2) is 35.3 Å². The number of fused-ring (bicyclic) bond motifs is 1. The van der Waals surface area contributed by atoms with Gasteiger partial charge in [0.2, 0.25) is 11.3 Å². The number of para-hydroxylation sites is 1. The van der Waals surface area contributed by atoms with Gasteiger partial charge in [0.25, 0.3) is 5.91 Å². The standard InChI is InChI=1S/C25H26N4O5S/c1-5-28(6-2)24(32)22-15(4)20(25(33)34-7-3)23(35-22)27-19(30)14-29-13-16(12-26)21(31)17-10-8-9-11-18(17)29/h8-11,13H,5-7,14H2,1-4H3,(H,27,30). The van der Waals surface area contributed by atoms with Gasteiger partial charge in [-0.15, -0.1) is 11.3 Å². The van der Waals surface area contributed by atoms with E-state index >= 15 is 0 Å². The number of esters is 1. The molecule has 0 spiro atoms. The number of hydrogen-bond acceptors (Lipinski definition) is 7. The summed E-state index contributed by atoms with van der Waals surface area (Å²) < 4.78 is 6.68. The molecule has 1 aromatic carbocycles. The first-order valence-electron chi connectivity index (χ1n) is 11.2. The van der Waals surface area contributed by atoms with Crippen LogP contribution >= 0.6 is 11.3 Å². The lowest BCUT2D eigenvalue weighted by Crippen LogP contribution is -2.30. The average Bonchev–Trinajstić information content (AvgIpc) is 3.17. The first-order valence-corrected chi connectivity index (χ1v) is 12.0. The monoisotopic (exact) mass is 494 g/mol. The largest absolute Gasteiger partial charge is 0.462 e. The van der Waals surface area contributed by atoms with Crippen molar-refractivity contribution in [1.29, 1.82) is 5.26 Å². The van der Waals surface area contributed by atoms with E-state index in [-0.39, 0.29) is 35.2 Å². The Balaban J connectivity index is 2.00. The van der Waals surface area contributed by atoms with Crippen molar-refractivity contribution < 1.29 is 19.1 Å². The maximum Gasteiger partial charge on any atom is 0.341 e. The number of hydrogen-bond donors (Lipinski definition) is 1. The highest BCUT2D eigenvalue weighted by Gasteiger charge is 2.28. The topological polar surface area (TPSA) is 121 Å². The summed E-state index contributed by atoms with van der Waals surface area (Å²) in [5.41, 5.74) is 0.599. The molecule has 0 saturated carbocycles. The Morgan fingerprint density at radius 2 is 1.86 bits per heavy atom. The van der Waals surface area contributed by atoms with Gasteiger partial charge in [0, 0.05) is 24.7 Å². The number of carbonyl (C=O) groups excluding carboxylic acids is 3. The van der Waals surface area contributed by atoms with Crippen molar-refractivity contribution in [3.8, 4) is 6.07 Å². The minimum Gasteiger partial charge on any atom is -0.462 e. The molecule has 3 aromatic rings. The first kappa shape index (κ1) is 25.6. The van der Waals surface area contributed by atoms with E-state index in [4.69, 9.17) is 4.74 Å². The lowest BCUT2D eigenvalue weighted by molar-refractivity contribution is -0.116. The zero-order valence-electron chi connectivity index (χ0n) is 20.0. The number of pyridine rings is 1. The summed E-state index contributed by atoms with van der Waals surface area (Å²) in [4.78, 5) is 53.2. The zero-order chi connectivity index (χ0) is 25.7. The second kappa shape index (κ2) is 11.0. The molecular weight excluding hydrogens is 468 g/mol. The third-order valence-electron chi connectivity index (χ3n) is 5.55. The van der Waals surface area contributed by atoms with Crippen LogP contribution in [-0.2, 0) is 16.1 Å². The summed E-state index contributed by atoms with van der Waals surface area (Å²) in [6.07, 6.45) is 1.34. The van der Waals surface area contributed by atoms with Gasteiger partial charge in [-0.1, -0.05) is 12.1 Å². The van der Waals surface area contributed by atoms with Gasteiger partial charge >= 0.3 is 5.97 Å². The second-order valence-corrected chi connectivity index (χ2v) is 8.66. The molecule has 2 aromatic heterocycles. The van der Waals surface area contributed by atoms with Crippen LogP contribution in [0.4, 0.5) is 5.00 Å². The highest BCUT2D eigenvalue weighted by atomic mass is 32.1. The van der Waals surface area contributed by atoms with E-state index in [0.717, 1.165) is 11.3 Å². The van der Waals surface area contributed by atoms with E-state index in [1.807, 2.05) is 19.9 Å². The van der Waals surface area contributed by atoms with Crippen LogP contribution in [-0.4, -0.2) is 46.9 Å². The predicted molar refractivity (Wildman–Crippen MR) is 134 cm³/mol. The summed E-state index contributed by atoms with van der Waals surface area (Å²) in [5, 5.41) is 12.6. The molecule has 0 atom stereocenters. The van der Waals surface area contributed by atoms with Gasteiger partial charge in [-0.25, -0.2) is 4.79 Å². The fourth-order valence-electron chi connectivity index (χ4n) is 3.79. The number of amides is 2. The number of aromatic nitrogens is 1. The molecule has 0 bridgehead atoms. The molecule has 3 rings (SSSR count). The van der Waals surface area contributed by atoms with Gasteiger partial charge in [0.1, 0.15) is 23.2 Å². The van der Waals surface area contributed by atoms with Crippen LogP contribution in [0, 0.1) is 18.3 Å². The molecule has 1 N–H and O–H groups in total. The van der Waals surface area contributed by atoms with Crippen molar-refractivity contribution in [1.82, 2.24) is 9.47 Å². The van der Waals surface area contributed by atoms with E-state index in [9.17, 15) is 24.4 Å². The number of ether oxygens (including phenoxy) is 1. The maximum absolute atomic E-state index is 13.0. The van der Waals surface area contributed by atoms with Gasteiger partial charge in [0.05, 0.1) is 22.6 Å². The van der Waals surface area contributed by atoms with Crippen LogP contribution < -0.4 is 10.7 Å². The Kier molecular flexibility index (Phi) is 8.04. The first-order chi connectivity index (χ1) is 16.8. The number of anilines is 1. The van der Waals surface area contributed by atoms with E-state index in [0.29, 0.717) is 34.4 Å². The summed E-state index contributed by atoms with van der Waals surface area (Å²) in [7, 11) is 0. The summed E-state index contributed by atoms with van der Waals surface area (Å²) in [6.45, 7) is 7.99. The highest BCUT2D eigenvalue weighted by Crippen LogP contribution is 2.34. The number of rotatable bonds is 8. The number of thiophene rings is 1. The van der Waals surface area contributed by atoms with Gasteiger partial charge in [-0.05, 0) is 45.4 Å². The van der Waals surface area contributed by atoms with Crippen LogP contribution in [0.25, 0.3) is 10.9 Å². The minimum absolute atomic E-state index is 0.0808. The third-order valence-corrected chi connectivity index (χ3v) is 6.74. The molecule has 9 nitrogen and oxygen atoms in total. The molecule has 0 fully saturated rings. The van der Waals surface area contributed by atoms with E-state index < -0.39 is 17.3 Å². The Morgan fingerprint density at radius 1 is 1.17 bits per heavy atom. The molecule has 10 heteroatoms. The summed E-state index contributed by atoms with van der Waals surface area (Å²) in [6, 6.07) is 8.57. The predicted octanol–water partition coefficient (Wildman–Crippen LogP) is 3.54. The van der Waals surface area contributed by atoms with Crippen molar-refractivity contribution in [2.45, 2.75) is 34.2 Å². The fourth-order valence-corrected chi connectivity index (χ4v) is 4.96. The minimum atomic E-state index is -0.629. The zero-order valence-corrected chi connectivity index (χ0v) is 20.8. The molecule has 0 saturated heterocycles. The van der Waals surface area contributed by atoms with Crippen LogP contribution in [0.1, 0.15) is 51.9 Å². The van der Waals surface area contributed by atoms with Crippen molar-refractivity contribution in [3.63, 3.8) is 0 Å². The van der Waals surface area contributed by atoms with Crippen LogP contribution in [0.2, 0.25) is 0 Å². The Hall–Kier alpha value is -3.97. The smallest absolute Gasteiger partial charge is 0.341 e. The lowest BCUT2D eigenvalue weighted by atomic mass is 10.1. The molecule has 0 radical (unpaired) electrons. The molecule has 0 aliphatic carbocycles. The Bertz CT molecular complexity index is 1400. The third kappa shape index (κ3) is 5.10. The Morgan fingerprint density at radius 3 is 2.49 bits per heavy atom. The molecule has 0 aliphatic rings. The summed E-state index contributed by atoms with van der Waals surface area (Å²) >= 11 is 1.02. The lowest BCUT2D eigenvalue weighted by Gasteiger charge is -2.18. The average molecular weight is 495 g/mol. The van der Waals surface area contributed by atoms with Gasteiger partial charge in [-0.2, -0.15) is 5.26 Å². The molecule has 0 aliphatic heterocycles. The molecule has 182 valence electrons.